The van der Waals surface area contributed by atoms with Crippen molar-refractivity contribution in [3.8, 4) is 5.75 Å². The summed E-state index contributed by atoms with van der Waals surface area (Å²) in [5.74, 6) is 0.874. The Labute approximate surface area is 166 Å². The minimum atomic E-state index is -0.167. The van der Waals surface area contributed by atoms with Crippen LogP contribution in [0.3, 0.4) is 0 Å². The van der Waals surface area contributed by atoms with E-state index in [-0.39, 0.29) is 11.7 Å². The third-order valence-corrected chi connectivity index (χ3v) is 5.85. The van der Waals surface area contributed by atoms with Gasteiger partial charge < -0.3 is 4.74 Å². The number of benzene rings is 2. The largest absolute Gasteiger partial charge is 0.493 e. The number of thioether (sulfide) groups is 1. The minimum absolute atomic E-state index is 0.167. The summed E-state index contributed by atoms with van der Waals surface area (Å²) in [6, 6.07) is 15.6. The number of nitrogens with zero attached hydrogens (tertiary/aromatic N) is 2. The molecule has 0 aliphatic heterocycles. The van der Waals surface area contributed by atoms with Crippen LogP contribution in [-0.4, -0.2) is 29.5 Å². The van der Waals surface area contributed by atoms with Gasteiger partial charge in [-0.15, -0.1) is 11.3 Å². The van der Waals surface area contributed by atoms with E-state index in [4.69, 9.17) is 4.74 Å². The summed E-state index contributed by atoms with van der Waals surface area (Å²) in [5.41, 5.74) is 4.36. The van der Waals surface area contributed by atoms with Crippen molar-refractivity contribution in [2.24, 2.45) is 5.10 Å². The zero-order valence-corrected chi connectivity index (χ0v) is 16.7. The SMILES string of the molecule is CCCCOc1ccccc1/C=N/NC(=O)CSc1nc2ccccc2s1. The van der Waals surface area contributed by atoms with E-state index in [2.05, 4.69) is 22.4 Å². The summed E-state index contributed by atoms with van der Waals surface area (Å²) < 4.78 is 7.76. The predicted molar refractivity (Wildman–Crippen MR) is 113 cm³/mol. The van der Waals surface area contributed by atoms with E-state index in [1.807, 2.05) is 48.5 Å². The summed E-state index contributed by atoms with van der Waals surface area (Å²) >= 11 is 3.00. The quantitative estimate of drug-likeness (QED) is 0.245. The molecule has 7 heteroatoms. The summed E-state index contributed by atoms with van der Waals surface area (Å²) in [7, 11) is 0. The van der Waals surface area contributed by atoms with Crippen LogP contribution in [0.4, 0.5) is 0 Å². The number of carbonyl (C=O) groups is 1. The average molecular weight is 400 g/mol. The number of fused-ring (bicyclic) bond motifs is 1. The molecule has 2 aromatic carbocycles. The molecule has 3 aromatic rings. The van der Waals surface area contributed by atoms with Crippen LogP contribution in [0.15, 0.2) is 58.0 Å². The van der Waals surface area contributed by atoms with Crippen molar-refractivity contribution in [3.63, 3.8) is 0 Å². The predicted octanol–water partition coefficient (Wildman–Crippen LogP) is 4.72. The Balaban J connectivity index is 1.50. The van der Waals surface area contributed by atoms with Gasteiger partial charge in [-0.2, -0.15) is 5.10 Å². The Kier molecular flexibility index (Phi) is 7.24. The molecule has 0 spiro atoms. The number of aromatic nitrogens is 1. The van der Waals surface area contributed by atoms with Crippen LogP contribution in [0.5, 0.6) is 5.75 Å². The normalized spacial score (nSPS) is 11.1. The number of amides is 1. The van der Waals surface area contributed by atoms with Crippen molar-refractivity contribution in [1.29, 1.82) is 0 Å². The van der Waals surface area contributed by atoms with Gasteiger partial charge in [-0.05, 0) is 30.7 Å². The third kappa shape index (κ3) is 5.80. The lowest BCUT2D eigenvalue weighted by molar-refractivity contribution is -0.118. The van der Waals surface area contributed by atoms with E-state index in [0.29, 0.717) is 6.61 Å². The fourth-order valence-electron chi connectivity index (χ4n) is 2.29. The highest BCUT2D eigenvalue weighted by Crippen LogP contribution is 2.29. The molecule has 0 unspecified atom stereocenters. The molecular weight excluding hydrogens is 378 g/mol. The average Bonchev–Trinajstić information content (AvgIpc) is 3.11. The van der Waals surface area contributed by atoms with E-state index >= 15 is 0 Å². The Hall–Kier alpha value is -2.38. The molecule has 1 amide bonds. The first-order valence-corrected chi connectivity index (χ1v) is 10.6. The van der Waals surface area contributed by atoms with Crippen molar-refractivity contribution in [3.05, 3.63) is 54.1 Å². The smallest absolute Gasteiger partial charge is 0.250 e. The van der Waals surface area contributed by atoms with Crippen LogP contribution < -0.4 is 10.2 Å². The van der Waals surface area contributed by atoms with E-state index in [0.717, 1.165) is 38.7 Å². The molecule has 0 radical (unpaired) electrons. The van der Waals surface area contributed by atoms with E-state index in [1.165, 1.54) is 11.8 Å². The summed E-state index contributed by atoms with van der Waals surface area (Å²) in [6.07, 6.45) is 3.70. The molecule has 1 aromatic heterocycles. The van der Waals surface area contributed by atoms with Gasteiger partial charge in [0, 0.05) is 5.56 Å². The lowest BCUT2D eigenvalue weighted by Crippen LogP contribution is -2.19. The molecule has 0 atom stereocenters. The maximum Gasteiger partial charge on any atom is 0.250 e. The van der Waals surface area contributed by atoms with Gasteiger partial charge in [0.25, 0.3) is 5.91 Å². The van der Waals surface area contributed by atoms with Gasteiger partial charge in [0.15, 0.2) is 4.34 Å². The van der Waals surface area contributed by atoms with Crippen molar-refractivity contribution >= 4 is 45.4 Å². The standard InChI is InChI=1S/C20H21N3O2S2/c1-2-3-12-25-17-10-6-4-8-15(17)13-21-23-19(24)14-26-20-22-16-9-5-7-11-18(16)27-20/h4-11,13H,2-3,12,14H2,1H3,(H,23,24)/b21-13+. The number of thiazole rings is 1. The number of nitrogens with one attached hydrogen (secondary N) is 1. The molecule has 3 rings (SSSR count). The molecule has 27 heavy (non-hydrogen) atoms. The van der Waals surface area contributed by atoms with Crippen molar-refractivity contribution in [2.75, 3.05) is 12.4 Å². The number of para-hydroxylation sites is 2. The van der Waals surface area contributed by atoms with Gasteiger partial charge in [0.1, 0.15) is 5.75 Å². The fraction of sp³-hybridized carbons (Fsp3) is 0.250. The first kappa shape index (κ1) is 19.4. The lowest BCUT2D eigenvalue weighted by atomic mass is 10.2. The van der Waals surface area contributed by atoms with Crippen LogP contribution in [0, 0.1) is 0 Å². The number of hydrogen-bond donors (Lipinski definition) is 1. The summed E-state index contributed by atoms with van der Waals surface area (Å²) in [5, 5.41) is 4.05. The van der Waals surface area contributed by atoms with Crippen LogP contribution >= 0.6 is 23.1 Å². The van der Waals surface area contributed by atoms with Crippen molar-refractivity contribution < 1.29 is 9.53 Å². The zero-order valence-electron chi connectivity index (χ0n) is 15.1. The van der Waals surface area contributed by atoms with Crippen molar-refractivity contribution in [1.82, 2.24) is 10.4 Å². The van der Waals surface area contributed by atoms with Gasteiger partial charge >= 0.3 is 0 Å². The first-order chi connectivity index (χ1) is 13.3. The van der Waals surface area contributed by atoms with Crippen LogP contribution in [0.25, 0.3) is 10.2 Å². The highest BCUT2D eigenvalue weighted by molar-refractivity contribution is 8.01. The molecule has 0 fully saturated rings. The molecule has 0 aliphatic carbocycles. The van der Waals surface area contributed by atoms with Gasteiger partial charge in [0.05, 0.1) is 28.8 Å². The van der Waals surface area contributed by atoms with Gasteiger partial charge in [0.2, 0.25) is 0 Å². The molecule has 0 saturated carbocycles. The number of carbonyl (C=O) groups excluding carboxylic acids is 1. The second kappa shape index (κ2) is 10.1. The Morgan fingerprint density at radius 1 is 1.26 bits per heavy atom. The Morgan fingerprint density at radius 2 is 2.07 bits per heavy atom. The number of rotatable bonds is 9. The molecular formula is C20H21N3O2S2. The van der Waals surface area contributed by atoms with Crippen LogP contribution in [0.1, 0.15) is 25.3 Å². The summed E-state index contributed by atoms with van der Waals surface area (Å²) in [4.78, 5) is 16.5. The molecule has 1 N–H and O–H groups in total. The van der Waals surface area contributed by atoms with Crippen molar-refractivity contribution in [2.45, 2.75) is 24.1 Å². The van der Waals surface area contributed by atoms with Crippen LogP contribution in [0.2, 0.25) is 0 Å². The van der Waals surface area contributed by atoms with Crippen LogP contribution in [-0.2, 0) is 4.79 Å². The summed E-state index contributed by atoms with van der Waals surface area (Å²) in [6.45, 7) is 2.80. The minimum Gasteiger partial charge on any atom is -0.493 e. The van der Waals surface area contributed by atoms with E-state index < -0.39 is 0 Å². The molecule has 0 saturated heterocycles. The monoisotopic (exact) mass is 399 g/mol. The second-order valence-electron chi connectivity index (χ2n) is 5.77. The number of ether oxygens (including phenoxy) is 1. The highest BCUT2D eigenvalue weighted by atomic mass is 32.2. The lowest BCUT2D eigenvalue weighted by Gasteiger charge is -2.07. The highest BCUT2D eigenvalue weighted by Gasteiger charge is 2.07. The topological polar surface area (TPSA) is 63.6 Å². The maximum absolute atomic E-state index is 12.0. The zero-order chi connectivity index (χ0) is 18.9. The van der Waals surface area contributed by atoms with E-state index in [9.17, 15) is 4.79 Å². The second-order valence-corrected chi connectivity index (χ2v) is 8.02. The molecule has 5 nitrogen and oxygen atoms in total. The van der Waals surface area contributed by atoms with Gasteiger partial charge in [-0.1, -0.05) is 49.4 Å². The number of unbranched alkanes of at least 4 members (excludes halogenated alkanes) is 1. The van der Waals surface area contributed by atoms with E-state index in [1.54, 1.807) is 17.6 Å². The molecule has 0 bridgehead atoms. The molecule has 1 heterocycles. The molecule has 0 aliphatic rings. The Morgan fingerprint density at radius 3 is 2.93 bits per heavy atom. The fourth-order valence-corrected chi connectivity index (χ4v) is 4.15. The number of hydrazone groups is 1. The first-order valence-electron chi connectivity index (χ1n) is 8.78. The molecule has 140 valence electrons. The maximum atomic E-state index is 12.0. The Bertz CT molecular complexity index is 891. The van der Waals surface area contributed by atoms with Gasteiger partial charge in [-0.25, -0.2) is 10.4 Å². The number of hydrogen-bond acceptors (Lipinski definition) is 6. The third-order valence-electron chi connectivity index (χ3n) is 3.67. The van der Waals surface area contributed by atoms with Gasteiger partial charge in [-0.3, -0.25) is 4.79 Å².